The van der Waals surface area contributed by atoms with Crippen molar-refractivity contribution in [3.8, 4) is 6.07 Å². The number of methoxy groups -OCH3 is 1. The molecule has 0 bridgehead atoms. The Hall–Kier alpha value is -1.45. The third kappa shape index (κ3) is 9.16. The molecule has 0 unspecified atom stereocenters. The molecule has 0 aromatic heterocycles. The van der Waals surface area contributed by atoms with Gasteiger partial charge in [-0.05, 0) is 18.4 Å². The topological polar surface area (TPSA) is 60.3 Å². The molecule has 0 aliphatic heterocycles. The second-order valence-corrected chi connectivity index (χ2v) is 4.84. The van der Waals surface area contributed by atoms with Crippen LogP contribution in [-0.4, -0.2) is 31.9 Å². The highest BCUT2D eigenvalue weighted by molar-refractivity contribution is 5.13. The lowest BCUT2D eigenvalue weighted by Gasteiger charge is -2.24. The molecule has 0 saturated carbocycles. The summed E-state index contributed by atoms with van der Waals surface area (Å²) >= 11 is 0. The van der Waals surface area contributed by atoms with Gasteiger partial charge in [-0.1, -0.05) is 36.8 Å². The van der Waals surface area contributed by atoms with Crippen LogP contribution in [0.2, 0.25) is 0 Å². The van der Waals surface area contributed by atoms with Crippen LogP contribution < -0.4 is 10.9 Å². The van der Waals surface area contributed by atoms with Crippen LogP contribution >= 0.6 is 0 Å². The highest BCUT2D eigenvalue weighted by Crippen LogP contribution is 1.99. The molecule has 0 amide bonds. The molecule has 0 spiro atoms. The Morgan fingerprint density at radius 3 is 2.67 bits per heavy atom. The molecule has 2 N–H and O–H groups in total. The lowest BCUT2D eigenvalue weighted by Crippen LogP contribution is -2.49. The second-order valence-electron chi connectivity index (χ2n) is 4.84. The van der Waals surface area contributed by atoms with E-state index in [0.29, 0.717) is 13.0 Å². The summed E-state index contributed by atoms with van der Waals surface area (Å²) in [4.78, 5) is 0. The lowest BCUT2D eigenvalue weighted by atomic mass is 10.2. The van der Waals surface area contributed by atoms with E-state index in [1.165, 1.54) is 5.56 Å². The number of benzene rings is 1. The fourth-order valence-corrected chi connectivity index (χ4v) is 1.90. The van der Waals surface area contributed by atoms with E-state index < -0.39 is 0 Å². The van der Waals surface area contributed by atoms with Gasteiger partial charge in [-0.3, -0.25) is 0 Å². The maximum atomic E-state index is 8.49. The van der Waals surface area contributed by atoms with Crippen LogP contribution in [0.4, 0.5) is 0 Å². The molecule has 0 fully saturated rings. The van der Waals surface area contributed by atoms with Gasteiger partial charge in [-0.2, -0.15) is 10.4 Å². The highest BCUT2D eigenvalue weighted by Gasteiger charge is 2.03. The summed E-state index contributed by atoms with van der Waals surface area (Å²) in [5.41, 5.74) is 7.97. The maximum absolute atomic E-state index is 8.49. The number of nitriles is 1. The normalized spacial score (nSPS) is 10.7. The number of hydrogen-bond acceptors (Lipinski definition) is 5. The summed E-state index contributed by atoms with van der Waals surface area (Å²) in [6.45, 7) is 3.13. The van der Waals surface area contributed by atoms with Crippen molar-refractivity contribution >= 4 is 0 Å². The number of rotatable bonds is 12. The Bertz CT molecular complexity index is 391. The highest BCUT2D eigenvalue weighted by atomic mass is 16.5. The first-order valence-electron chi connectivity index (χ1n) is 7.51. The van der Waals surface area contributed by atoms with Crippen molar-refractivity contribution in [3.63, 3.8) is 0 Å². The van der Waals surface area contributed by atoms with E-state index in [1.54, 1.807) is 7.11 Å². The van der Waals surface area contributed by atoms with Crippen LogP contribution in [0.15, 0.2) is 30.3 Å². The average molecular weight is 290 g/mol. The molecular formula is C16H26N4O. The van der Waals surface area contributed by atoms with Crippen molar-refractivity contribution in [1.29, 1.82) is 5.26 Å². The van der Waals surface area contributed by atoms with Crippen LogP contribution in [0, 0.1) is 11.3 Å². The van der Waals surface area contributed by atoms with E-state index >= 15 is 0 Å². The van der Waals surface area contributed by atoms with Crippen LogP contribution in [0.5, 0.6) is 0 Å². The number of hydrazine groups is 2. The van der Waals surface area contributed by atoms with Crippen LogP contribution in [0.25, 0.3) is 0 Å². The minimum Gasteiger partial charge on any atom is -0.383 e. The molecule has 0 aliphatic carbocycles. The van der Waals surface area contributed by atoms with Gasteiger partial charge < -0.3 is 4.74 Å². The Balaban J connectivity index is 2.22. The standard InChI is InChI=1S/C16H26N4O/c1-21-14-13-20(18-12-8-3-2-7-11-17)19-15-16-9-5-4-6-10-16/h4-6,9-10,18-19H,2-3,7-8,12-15H2,1H3. The van der Waals surface area contributed by atoms with E-state index in [-0.39, 0.29) is 0 Å². The first-order valence-corrected chi connectivity index (χ1v) is 7.51. The molecule has 5 nitrogen and oxygen atoms in total. The number of unbranched alkanes of at least 4 members (excludes halogenated alkanes) is 3. The van der Waals surface area contributed by atoms with Crippen LogP contribution in [-0.2, 0) is 11.3 Å². The molecule has 0 aliphatic rings. The maximum Gasteiger partial charge on any atom is 0.0621 e. The lowest BCUT2D eigenvalue weighted by molar-refractivity contribution is 0.0666. The second kappa shape index (κ2) is 12.3. The Morgan fingerprint density at radius 2 is 1.95 bits per heavy atom. The zero-order valence-electron chi connectivity index (χ0n) is 12.8. The van der Waals surface area contributed by atoms with Crippen LogP contribution in [0.1, 0.15) is 31.2 Å². The fraction of sp³-hybridized carbons (Fsp3) is 0.562. The molecule has 5 heteroatoms. The van der Waals surface area contributed by atoms with Gasteiger partial charge in [0.1, 0.15) is 0 Å². The zero-order valence-corrected chi connectivity index (χ0v) is 12.8. The minimum absolute atomic E-state index is 0.652. The van der Waals surface area contributed by atoms with Gasteiger partial charge in [0.25, 0.3) is 0 Å². The summed E-state index contributed by atoms with van der Waals surface area (Å²) in [6, 6.07) is 12.5. The Morgan fingerprint density at radius 1 is 1.14 bits per heavy atom. The summed E-state index contributed by atoms with van der Waals surface area (Å²) in [7, 11) is 1.71. The van der Waals surface area contributed by atoms with Gasteiger partial charge in [0, 0.05) is 26.6 Å². The molecule has 1 rings (SSSR count). The smallest absolute Gasteiger partial charge is 0.0621 e. The van der Waals surface area contributed by atoms with Crippen molar-refractivity contribution in [2.75, 3.05) is 26.8 Å². The molecular weight excluding hydrogens is 264 g/mol. The number of nitrogens with zero attached hydrogens (tertiary/aromatic N) is 2. The average Bonchev–Trinajstić information content (AvgIpc) is 2.53. The SMILES string of the molecule is COCCN(NCCCCCC#N)NCc1ccccc1. The predicted octanol–water partition coefficient (Wildman–Crippen LogP) is 2.23. The van der Waals surface area contributed by atoms with Gasteiger partial charge in [-0.15, -0.1) is 0 Å². The molecule has 0 heterocycles. The van der Waals surface area contributed by atoms with Gasteiger partial charge in [-0.25, -0.2) is 10.9 Å². The van der Waals surface area contributed by atoms with Gasteiger partial charge in [0.05, 0.1) is 19.2 Å². The zero-order chi connectivity index (χ0) is 15.2. The van der Waals surface area contributed by atoms with E-state index in [9.17, 15) is 0 Å². The van der Waals surface area contributed by atoms with Gasteiger partial charge in [0.15, 0.2) is 0 Å². The predicted molar refractivity (Wildman–Crippen MR) is 83.9 cm³/mol. The molecule has 0 atom stereocenters. The van der Waals surface area contributed by atoms with E-state index in [0.717, 1.165) is 38.9 Å². The van der Waals surface area contributed by atoms with E-state index in [4.69, 9.17) is 10.00 Å². The summed E-state index contributed by atoms with van der Waals surface area (Å²) in [5.74, 6) is 0. The number of ether oxygens (including phenoxy) is 1. The van der Waals surface area contributed by atoms with Crippen molar-refractivity contribution in [2.24, 2.45) is 0 Å². The third-order valence-electron chi connectivity index (χ3n) is 3.10. The summed E-state index contributed by atoms with van der Waals surface area (Å²) < 4.78 is 5.13. The monoisotopic (exact) mass is 290 g/mol. The van der Waals surface area contributed by atoms with Gasteiger partial charge >= 0.3 is 0 Å². The first-order chi connectivity index (χ1) is 10.4. The third-order valence-corrected chi connectivity index (χ3v) is 3.10. The largest absolute Gasteiger partial charge is 0.383 e. The first kappa shape index (κ1) is 17.6. The molecule has 1 aromatic rings. The minimum atomic E-state index is 0.652. The molecule has 0 radical (unpaired) electrons. The van der Waals surface area contributed by atoms with E-state index in [1.807, 2.05) is 23.3 Å². The molecule has 116 valence electrons. The van der Waals surface area contributed by atoms with E-state index in [2.05, 4.69) is 29.1 Å². The number of hydrogen-bond donors (Lipinski definition) is 2. The number of nitrogens with one attached hydrogen (secondary N) is 2. The Kier molecular flexibility index (Phi) is 10.3. The quantitative estimate of drug-likeness (QED) is 0.456. The van der Waals surface area contributed by atoms with Crippen molar-refractivity contribution in [2.45, 2.75) is 32.2 Å². The molecule has 0 saturated heterocycles. The van der Waals surface area contributed by atoms with Crippen molar-refractivity contribution in [1.82, 2.24) is 16.0 Å². The molecule has 1 aromatic carbocycles. The van der Waals surface area contributed by atoms with Crippen LogP contribution in [0.3, 0.4) is 0 Å². The van der Waals surface area contributed by atoms with Crippen molar-refractivity contribution < 1.29 is 4.74 Å². The summed E-state index contributed by atoms with van der Waals surface area (Å²) in [5, 5.41) is 10.5. The van der Waals surface area contributed by atoms with Gasteiger partial charge in [0.2, 0.25) is 0 Å². The summed E-state index contributed by atoms with van der Waals surface area (Å²) in [6.07, 6.45) is 3.78. The Labute approximate surface area is 127 Å². The fourth-order valence-electron chi connectivity index (χ4n) is 1.90. The molecule has 21 heavy (non-hydrogen) atoms. The van der Waals surface area contributed by atoms with Crippen molar-refractivity contribution in [3.05, 3.63) is 35.9 Å².